The van der Waals surface area contributed by atoms with Crippen LogP contribution >= 0.6 is 0 Å². The molecule has 2 heteroatoms. The number of hydrogen-bond acceptors (Lipinski definition) is 2. The molecule has 2 nitrogen and oxygen atoms in total. The first-order chi connectivity index (χ1) is 8.04. The Hall–Kier alpha value is -0.0800. The fraction of sp³-hybridized carbons (Fsp3) is 1.00. The summed E-state index contributed by atoms with van der Waals surface area (Å²) in [6, 6.07) is 0.621. The first-order valence-corrected chi connectivity index (χ1v) is 7.42. The van der Waals surface area contributed by atoms with E-state index in [4.69, 9.17) is 0 Å². The first-order valence-electron chi connectivity index (χ1n) is 7.42. The summed E-state index contributed by atoms with van der Waals surface area (Å²) in [5.74, 6) is 0.816. The molecule has 2 aliphatic carbocycles. The Morgan fingerprint density at radius 1 is 1.29 bits per heavy atom. The van der Waals surface area contributed by atoms with E-state index in [9.17, 15) is 5.11 Å². The van der Waals surface area contributed by atoms with Gasteiger partial charge in [0.05, 0.1) is 6.10 Å². The van der Waals surface area contributed by atoms with Crippen molar-refractivity contribution in [1.29, 1.82) is 0 Å². The van der Waals surface area contributed by atoms with E-state index in [1.54, 1.807) is 0 Å². The molecular formula is C15H29NO. The predicted octanol–water partition coefficient (Wildman–Crippen LogP) is 3.05. The summed E-state index contributed by atoms with van der Waals surface area (Å²) < 4.78 is 0. The second-order valence-corrected chi connectivity index (χ2v) is 6.81. The van der Waals surface area contributed by atoms with Gasteiger partial charge in [-0.3, -0.25) is 0 Å². The SMILES string of the molecule is CCCC1CCC(O)CC1N(C)CC1(C)CC1. The van der Waals surface area contributed by atoms with E-state index in [1.807, 2.05) is 0 Å². The van der Waals surface area contributed by atoms with E-state index < -0.39 is 0 Å². The van der Waals surface area contributed by atoms with E-state index in [0.717, 1.165) is 18.8 Å². The Morgan fingerprint density at radius 3 is 2.59 bits per heavy atom. The largest absolute Gasteiger partial charge is 0.393 e. The van der Waals surface area contributed by atoms with Gasteiger partial charge in [-0.05, 0) is 56.9 Å². The molecule has 0 aromatic carbocycles. The van der Waals surface area contributed by atoms with Crippen molar-refractivity contribution in [2.45, 2.75) is 70.9 Å². The summed E-state index contributed by atoms with van der Waals surface area (Å²) in [4.78, 5) is 2.55. The molecule has 0 saturated heterocycles. The van der Waals surface area contributed by atoms with Crippen molar-refractivity contribution in [2.75, 3.05) is 13.6 Å². The zero-order valence-electron chi connectivity index (χ0n) is 11.8. The van der Waals surface area contributed by atoms with Crippen LogP contribution in [0.1, 0.15) is 58.8 Å². The zero-order valence-corrected chi connectivity index (χ0v) is 11.8. The number of rotatable bonds is 5. The third kappa shape index (κ3) is 3.45. The van der Waals surface area contributed by atoms with Gasteiger partial charge in [0, 0.05) is 12.6 Å². The van der Waals surface area contributed by atoms with Gasteiger partial charge < -0.3 is 10.0 Å². The second-order valence-electron chi connectivity index (χ2n) is 6.81. The lowest BCUT2D eigenvalue weighted by Crippen LogP contribution is -2.45. The van der Waals surface area contributed by atoms with Crippen LogP contribution < -0.4 is 0 Å². The Kier molecular flexibility index (Phi) is 4.14. The molecule has 2 aliphatic rings. The van der Waals surface area contributed by atoms with E-state index in [0.29, 0.717) is 11.5 Å². The van der Waals surface area contributed by atoms with Crippen LogP contribution in [0.4, 0.5) is 0 Å². The molecule has 100 valence electrons. The Labute approximate surface area is 106 Å². The second kappa shape index (κ2) is 5.27. The molecule has 0 bridgehead atoms. The fourth-order valence-corrected chi connectivity index (χ4v) is 3.53. The highest BCUT2D eigenvalue weighted by Gasteiger charge is 2.41. The van der Waals surface area contributed by atoms with E-state index >= 15 is 0 Å². The van der Waals surface area contributed by atoms with Crippen LogP contribution in [0.15, 0.2) is 0 Å². The summed E-state index contributed by atoms with van der Waals surface area (Å²) >= 11 is 0. The van der Waals surface area contributed by atoms with E-state index in [-0.39, 0.29) is 6.10 Å². The molecule has 0 spiro atoms. The highest BCUT2D eigenvalue weighted by Crippen LogP contribution is 2.46. The summed E-state index contributed by atoms with van der Waals surface area (Å²) in [5.41, 5.74) is 0.591. The van der Waals surface area contributed by atoms with Crippen molar-refractivity contribution in [3.05, 3.63) is 0 Å². The molecule has 0 radical (unpaired) electrons. The molecular weight excluding hydrogens is 210 g/mol. The summed E-state index contributed by atoms with van der Waals surface area (Å²) in [6.45, 7) is 5.91. The number of nitrogens with zero attached hydrogens (tertiary/aromatic N) is 1. The highest BCUT2D eigenvalue weighted by atomic mass is 16.3. The molecule has 2 rings (SSSR count). The van der Waals surface area contributed by atoms with Gasteiger partial charge in [0.15, 0.2) is 0 Å². The molecule has 0 aliphatic heterocycles. The topological polar surface area (TPSA) is 23.5 Å². The maximum absolute atomic E-state index is 9.90. The van der Waals surface area contributed by atoms with E-state index in [2.05, 4.69) is 25.8 Å². The minimum Gasteiger partial charge on any atom is -0.393 e. The number of aliphatic hydroxyl groups is 1. The molecule has 0 amide bonds. The molecule has 3 atom stereocenters. The summed E-state index contributed by atoms with van der Waals surface area (Å²) in [5, 5.41) is 9.90. The van der Waals surface area contributed by atoms with Crippen molar-refractivity contribution >= 4 is 0 Å². The lowest BCUT2D eigenvalue weighted by Gasteiger charge is -2.41. The molecule has 0 aromatic heterocycles. The van der Waals surface area contributed by atoms with Crippen LogP contribution in [0.2, 0.25) is 0 Å². The van der Waals surface area contributed by atoms with Crippen LogP contribution in [0, 0.1) is 11.3 Å². The van der Waals surface area contributed by atoms with Gasteiger partial charge >= 0.3 is 0 Å². The molecule has 17 heavy (non-hydrogen) atoms. The molecule has 2 fully saturated rings. The average molecular weight is 239 g/mol. The Bertz CT molecular complexity index is 249. The molecule has 0 aromatic rings. The third-order valence-corrected chi connectivity index (χ3v) is 4.89. The van der Waals surface area contributed by atoms with Crippen LogP contribution in [0.5, 0.6) is 0 Å². The lowest BCUT2D eigenvalue weighted by atomic mass is 9.79. The van der Waals surface area contributed by atoms with Gasteiger partial charge in [-0.1, -0.05) is 20.3 Å². The van der Waals surface area contributed by atoms with Crippen LogP contribution in [-0.4, -0.2) is 35.7 Å². The normalized spacial score (nSPS) is 36.2. The standard InChI is InChI=1S/C15H29NO/c1-4-5-12-6-7-13(17)10-14(12)16(3)11-15(2)8-9-15/h12-14,17H,4-11H2,1-3H3. The Balaban J connectivity index is 1.92. The van der Waals surface area contributed by atoms with Crippen molar-refractivity contribution in [3.8, 4) is 0 Å². The average Bonchev–Trinajstić information content (AvgIpc) is 2.99. The maximum atomic E-state index is 9.90. The van der Waals surface area contributed by atoms with Crippen LogP contribution in [-0.2, 0) is 0 Å². The van der Waals surface area contributed by atoms with Crippen molar-refractivity contribution in [3.63, 3.8) is 0 Å². The zero-order chi connectivity index (χ0) is 12.5. The monoisotopic (exact) mass is 239 g/mol. The van der Waals surface area contributed by atoms with Crippen LogP contribution in [0.3, 0.4) is 0 Å². The molecule has 1 N–H and O–H groups in total. The van der Waals surface area contributed by atoms with Crippen LogP contribution in [0.25, 0.3) is 0 Å². The van der Waals surface area contributed by atoms with Gasteiger partial charge in [0.25, 0.3) is 0 Å². The van der Waals surface area contributed by atoms with Crippen molar-refractivity contribution < 1.29 is 5.11 Å². The number of aliphatic hydroxyl groups excluding tert-OH is 1. The first kappa shape index (κ1) is 13.4. The third-order valence-electron chi connectivity index (χ3n) is 4.89. The predicted molar refractivity (Wildman–Crippen MR) is 72.0 cm³/mol. The van der Waals surface area contributed by atoms with Crippen molar-refractivity contribution in [1.82, 2.24) is 4.90 Å². The van der Waals surface area contributed by atoms with Gasteiger partial charge in [-0.2, -0.15) is 0 Å². The Morgan fingerprint density at radius 2 is 2.00 bits per heavy atom. The fourth-order valence-electron chi connectivity index (χ4n) is 3.53. The van der Waals surface area contributed by atoms with E-state index in [1.165, 1.54) is 38.6 Å². The maximum Gasteiger partial charge on any atom is 0.0555 e. The summed E-state index contributed by atoms with van der Waals surface area (Å²) in [6.07, 6.45) is 8.59. The molecule has 3 unspecified atom stereocenters. The molecule has 2 saturated carbocycles. The van der Waals surface area contributed by atoms with Gasteiger partial charge in [-0.15, -0.1) is 0 Å². The summed E-state index contributed by atoms with van der Waals surface area (Å²) in [7, 11) is 2.27. The van der Waals surface area contributed by atoms with Gasteiger partial charge in [0.2, 0.25) is 0 Å². The number of hydrogen-bond donors (Lipinski definition) is 1. The highest BCUT2D eigenvalue weighted by molar-refractivity contribution is 4.94. The lowest BCUT2D eigenvalue weighted by molar-refractivity contribution is 0.0281. The van der Waals surface area contributed by atoms with Gasteiger partial charge in [0.1, 0.15) is 0 Å². The van der Waals surface area contributed by atoms with Gasteiger partial charge in [-0.25, -0.2) is 0 Å². The van der Waals surface area contributed by atoms with Crippen molar-refractivity contribution in [2.24, 2.45) is 11.3 Å². The molecule has 0 heterocycles. The minimum atomic E-state index is -0.0532. The minimum absolute atomic E-state index is 0.0532. The smallest absolute Gasteiger partial charge is 0.0555 e. The quantitative estimate of drug-likeness (QED) is 0.797.